The highest BCUT2D eigenvalue weighted by atomic mass is 16.8. The van der Waals surface area contributed by atoms with Crippen LogP contribution in [0, 0.1) is 17.3 Å². The molecule has 0 amide bonds. The Balaban J connectivity index is 1.15. The van der Waals surface area contributed by atoms with E-state index in [0.29, 0.717) is 36.0 Å². The van der Waals surface area contributed by atoms with Crippen LogP contribution < -0.4 is 0 Å². The van der Waals surface area contributed by atoms with E-state index in [9.17, 15) is 14.4 Å². The van der Waals surface area contributed by atoms with E-state index in [2.05, 4.69) is 20.8 Å². The number of furan rings is 1. The summed E-state index contributed by atoms with van der Waals surface area (Å²) in [5, 5.41) is 0. The van der Waals surface area contributed by atoms with E-state index in [0.717, 1.165) is 0 Å². The molecule has 1 unspecified atom stereocenters. The van der Waals surface area contributed by atoms with Crippen molar-refractivity contribution in [3.8, 4) is 0 Å². The van der Waals surface area contributed by atoms with E-state index >= 15 is 0 Å². The number of fused-ring (bicyclic) bond motifs is 2. The second-order valence-electron chi connectivity index (χ2n) is 15.6. The van der Waals surface area contributed by atoms with Crippen molar-refractivity contribution in [1.82, 2.24) is 0 Å². The van der Waals surface area contributed by atoms with Gasteiger partial charge in [0.25, 0.3) is 0 Å². The van der Waals surface area contributed by atoms with Gasteiger partial charge in [0.1, 0.15) is 34.6 Å². The first kappa shape index (κ1) is 30.2. The third-order valence-corrected chi connectivity index (χ3v) is 11.8. The van der Waals surface area contributed by atoms with Crippen LogP contribution in [0.25, 0.3) is 5.76 Å². The van der Waals surface area contributed by atoms with E-state index in [4.69, 9.17) is 37.6 Å². The molecule has 9 atom stereocenters. The summed E-state index contributed by atoms with van der Waals surface area (Å²) in [7, 11) is 0. The summed E-state index contributed by atoms with van der Waals surface area (Å²) >= 11 is 0. The van der Waals surface area contributed by atoms with Crippen molar-refractivity contribution in [3.63, 3.8) is 0 Å². The van der Waals surface area contributed by atoms with Crippen molar-refractivity contribution in [2.45, 2.75) is 108 Å². The molecule has 3 aliphatic carbocycles. The second-order valence-corrected chi connectivity index (χ2v) is 15.6. The summed E-state index contributed by atoms with van der Waals surface area (Å²) in [6.45, 7) is 11.7. The molecule has 48 heavy (non-hydrogen) atoms. The molecule has 11 heteroatoms. The molecule has 0 radical (unpaired) electrons. The minimum absolute atomic E-state index is 0.00743. The quantitative estimate of drug-likeness (QED) is 0.165. The number of cyclic esters (lactones) is 1. The molecule has 1 aromatic carbocycles. The molecule has 6 fully saturated rings. The lowest BCUT2D eigenvalue weighted by Gasteiger charge is -2.70. The van der Waals surface area contributed by atoms with Gasteiger partial charge < -0.3 is 37.6 Å². The largest absolute Gasteiger partial charge is 0.509 e. The Morgan fingerprint density at radius 2 is 1.75 bits per heavy atom. The van der Waals surface area contributed by atoms with Gasteiger partial charge in [-0.3, -0.25) is 0 Å². The number of allylic oxidation sites excluding steroid dienone is 1. The summed E-state index contributed by atoms with van der Waals surface area (Å²) in [5.41, 5.74) is -2.15. The van der Waals surface area contributed by atoms with Gasteiger partial charge in [-0.2, -0.15) is 0 Å². The molecule has 252 valence electrons. The van der Waals surface area contributed by atoms with Crippen LogP contribution >= 0.6 is 0 Å². The average molecular weight is 659 g/mol. The van der Waals surface area contributed by atoms with Crippen molar-refractivity contribution >= 4 is 23.9 Å². The highest BCUT2D eigenvalue weighted by molar-refractivity contribution is 5.98. The molecule has 0 N–H and O–H groups in total. The average Bonchev–Trinajstić information content (AvgIpc) is 3.83. The lowest BCUT2D eigenvalue weighted by Crippen LogP contribution is -2.84. The van der Waals surface area contributed by atoms with Gasteiger partial charge in [0.15, 0.2) is 17.6 Å². The van der Waals surface area contributed by atoms with Gasteiger partial charge >= 0.3 is 18.1 Å². The van der Waals surface area contributed by atoms with Crippen LogP contribution in [0.15, 0.2) is 70.1 Å². The number of carbonyl (C=O) groups is 3. The molecule has 2 spiro atoms. The van der Waals surface area contributed by atoms with Gasteiger partial charge in [0.05, 0.1) is 12.4 Å². The summed E-state index contributed by atoms with van der Waals surface area (Å²) in [6.07, 6.45) is 0.462. The lowest BCUT2D eigenvalue weighted by atomic mass is 9.41. The number of esters is 2. The summed E-state index contributed by atoms with van der Waals surface area (Å²) in [4.78, 5) is 40.1. The maximum Gasteiger partial charge on any atom is 0.509 e. The zero-order valence-electron chi connectivity index (χ0n) is 27.7. The maximum absolute atomic E-state index is 13.6. The maximum atomic E-state index is 13.6. The molecule has 8 aliphatic rings. The zero-order chi connectivity index (χ0) is 33.6. The minimum Gasteiger partial charge on any atom is -0.457 e. The highest BCUT2D eigenvalue weighted by Crippen LogP contribution is 2.83. The van der Waals surface area contributed by atoms with Crippen molar-refractivity contribution in [2.75, 3.05) is 0 Å². The van der Waals surface area contributed by atoms with Gasteiger partial charge in [-0.05, 0) is 51.7 Å². The molecular formula is C37H38O11. The van der Waals surface area contributed by atoms with Gasteiger partial charge in [-0.1, -0.05) is 51.1 Å². The smallest absolute Gasteiger partial charge is 0.457 e. The molecule has 2 saturated carbocycles. The summed E-state index contributed by atoms with van der Waals surface area (Å²) < 4.78 is 49.6. The van der Waals surface area contributed by atoms with Gasteiger partial charge in [-0.25, -0.2) is 14.4 Å². The molecule has 1 aromatic heterocycles. The van der Waals surface area contributed by atoms with Crippen molar-refractivity contribution < 1.29 is 52.0 Å². The number of hydrogen-bond donors (Lipinski definition) is 0. The number of carbonyl (C=O) groups excluding carboxylic acids is 3. The van der Waals surface area contributed by atoms with Crippen molar-refractivity contribution in [3.05, 3.63) is 77.0 Å². The third-order valence-electron chi connectivity index (χ3n) is 11.8. The van der Waals surface area contributed by atoms with E-state index in [1.807, 2.05) is 18.2 Å². The lowest BCUT2D eigenvalue weighted by molar-refractivity contribution is -0.366. The Hall–Kier alpha value is -3.93. The Morgan fingerprint density at radius 1 is 1.00 bits per heavy atom. The SMILES string of the molecule is CC(C)[C@]12O[C@H]1[C@@H]1O[C@@]13[C@@]1(C)CCC4=C(/C(=C(\OC(=O)c5ccco5)c5ccccc5)OC4=O)[C@@H]1C1C[C@@]3(O1)[C@@H]2OC(=O)OC(C)(C)C. The fourth-order valence-electron chi connectivity index (χ4n) is 9.88. The van der Waals surface area contributed by atoms with Crippen LogP contribution in [-0.2, 0) is 38.0 Å². The Morgan fingerprint density at radius 3 is 2.42 bits per heavy atom. The van der Waals surface area contributed by atoms with Crippen LogP contribution in [0.1, 0.15) is 76.9 Å². The zero-order valence-corrected chi connectivity index (χ0v) is 27.7. The van der Waals surface area contributed by atoms with Gasteiger partial charge in [-0.15, -0.1) is 0 Å². The first-order valence-electron chi connectivity index (χ1n) is 16.7. The first-order chi connectivity index (χ1) is 22.8. The molecule has 5 aliphatic heterocycles. The molecule has 6 heterocycles. The Kier molecular flexibility index (Phi) is 5.90. The predicted octanol–water partition coefficient (Wildman–Crippen LogP) is 5.88. The van der Waals surface area contributed by atoms with E-state index in [1.54, 1.807) is 39.0 Å². The fourth-order valence-corrected chi connectivity index (χ4v) is 9.88. The Labute approximate surface area is 277 Å². The van der Waals surface area contributed by atoms with Crippen molar-refractivity contribution in [1.29, 1.82) is 0 Å². The normalized spacial score (nSPS) is 40.6. The highest BCUT2D eigenvalue weighted by Gasteiger charge is 2.99. The molecule has 2 bridgehead atoms. The second kappa shape index (κ2) is 9.40. The first-order valence-corrected chi connectivity index (χ1v) is 16.7. The van der Waals surface area contributed by atoms with Crippen LogP contribution in [0.4, 0.5) is 4.79 Å². The number of epoxide rings is 2. The van der Waals surface area contributed by atoms with E-state index in [1.165, 1.54) is 12.3 Å². The number of benzene rings is 1. The summed E-state index contributed by atoms with van der Waals surface area (Å²) in [5.74, 6) is -1.18. The predicted molar refractivity (Wildman–Crippen MR) is 165 cm³/mol. The van der Waals surface area contributed by atoms with Crippen LogP contribution in [0.2, 0.25) is 0 Å². The number of rotatable bonds is 5. The van der Waals surface area contributed by atoms with Gasteiger partial charge in [0, 0.05) is 34.5 Å². The standard InChI is InChI=1S/C37H38O11/c1-18(2)36-27(46-36)28-37(47-28)34(6)15-14-20-23(24(34)22-17-35(37,45-22)31(36)44-32(40)48-33(3,4)5)26(43-29(20)38)25(19-11-8-7-9-12-19)42-30(39)21-13-10-16-41-21/h7-13,16,18,22,24,27-28,31H,14-15,17H2,1-6H3/b26-25+/t22?,24-,27-,28-,31-,34-,35+,36-,37+/m0/s1. The van der Waals surface area contributed by atoms with Crippen LogP contribution in [0.3, 0.4) is 0 Å². The van der Waals surface area contributed by atoms with Crippen LogP contribution in [0.5, 0.6) is 0 Å². The fraction of sp³-hybridized carbons (Fsp3) is 0.541. The molecule has 4 saturated heterocycles. The minimum atomic E-state index is -0.971. The molecular weight excluding hydrogens is 620 g/mol. The Bertz CT molecular complexity index is 1810. The molecule has 11 nitrogen and oxygen atoms in total. The van der Waals surface area contributed by atoms with E-state index in [-0.39, 0.29) is 47.4 Å². The van der Waals surface area contributed by atoms with Gasteiger partial charge in [0.2, 0.25) is 5.76 Å². The topological polar surface area (TPSA) is 136 Å². The molecule has 10 rings (SSSR count). The third kappa shape index (κ3) is 3.62. The monoisotopic (exact) mass is 658 g/mol. The number of ether oxygens (including phenoxy) is 7. The summed E-state index contributed by atoms with van der Waals surface area (Å²) in [6, 6.07) is 12.2. The molecule has 2 aromatic rings. The number of hydrogen-bond acceptors (Lipinski definition) is 11. The van der Waals surface area contributed by atoms with Crippen molar-refractivity contribution in [2.24, 2.45) is 17.3 Å². The van der Waals surface area contributed by atoms with Crippen LogP contribution in [-0.4, -0.2) is 64.9 Å². The van der Waals surface area contributed by atoms with E-state index < -0.39 is 52.0 Å².